The van der Waals surface area contributed by atoms with Crippen LogP contribution in [0.1, 0.15) is 39.2 Å². The maximum absolute atomic E-state index is 12.0. The van der Waals surface area contributed by atoms with E-state index in [2.05, 4.69) is 26.1 Å². The summed E-state index contributed by atoms with van der Waals surface area (Å²) in [5.74, 6) is -0.0956. The molecule has 0 aliphatic rings. The molecule has 0 fully saturated rings. The van der Waals surface area contributed by atoms with E-state index in [4.69, 9.17) is 5.73 Å². The Morgan fingerprint density at radius 2 is 1.90 bits per heavy atom. The third-order valence-electron chi connectivity index (χ3n) is 3.23. The van der Waals surface area contributed by atoms with E-state index in [1.807, 2.05) is 30.3 Å². The lowest BCUT2D eigenvalue weighted by molar-refractivity contribution is -0.122. The molecule has 0 bridgehead atoms. The molecule has 21 heavy (non-hydrogen) atoms. The zero-order chi connectivity index (χ0) is 15.9. The third kappa shape index (κ3) is 7.83. The van der Waals surface area contributed by atoms with Gasteiger partial charge in [-0.25, -0.2) is 0 Å². The molecule has 0 heterocycles. The van der Waals surface area contributed by atoms with Crippen molar-refractivity contribution in [3.63, 3.8) is 0 Å². The minimum Gasteiger partial charge on any atom is -0.394 e. The van der Waals surface area contributed by atoms with Crippen molar-refractivity contribution in [1.82, 2.24) is 5.32 Å². The molecule has 2 atom stereocenters. The number of nitrogens with one attached hydrogen (secondary N) is 1. The van der Waals surface area contributed by atoms with Crippen LogP contribution in [0, 0.1) is 5.41 Å². The summed E-state index contributed by atoms with van der Waals surface area (Å²) in [5, 5.41) is 12.3. The van der Waals surface area contributed by atoms with Crippen LogP contribution in [0.5, 0.6) is 0 Å². The Morgan fingerprint density at radius 1 is 1.29 bits per heavy atom. The van der Waals surface area contributed by atoms with Crippen molar-refractivity contribution < 1.29 is 9.90 Å². The molecule has 4 heteroatoms. The fraction of sp³-hybridized carbons (Fsp3) is 0.588. The Kier molecular flexibility index (Phi) is 6.85. The summed E-state index contributed by atoms with van der Waals surface area (Å²) in [6.45, 7) is 6.25. The van der Waals surface area contributed by atoms with Gasteiger partial charge in [0.15, 0.2) is 0 Å². The molecule has 1 aromatic rings. The molecule has 118 valence electrons. The monoisotopic (exact) mass is 292 g/mol. The highest BCUT2D eigenvalue weighted by atomic mass is 16.3. The first-order valence-corrected chi connectivity index (χ1v) is 7.50. The van der Waals surface area contributed by atoms with E-state index < -0.39 is 0 Å². The van der Waals surface area contributed by atoms with Crippen LogP contribution in [0.25, 0.3) is 0 Å². The van der Waals surface area contributed by atoms with Crippen LogP contribution in [0.15, 0.2) is 30.3 Å². The van der Waals surface area contributed by atoms with Gasteiger partial charge in [0.25, 0.3) is 0 Å². The third-order valence-corrected chi connectivity index (χ3v) is 3.23. The molecule has 1 unspecified atom stereocenters. The normalized spacial score (nSPS) is 14.5. The van der Waals surface area contributed by atoms with Gasteiger partial charge in [0.05, 0.1) is 12.6 Å². The lowest BCUT2D eigenvalue weighted by Gasteiger charge is -2.23. The van der Waals surface area contributed by atoms with Gasteiger partial charge in [0.1, 0.15) is 0 Å². The number of aliphatic hydroxyl groups excluding tert-OH is 1. The summed E-state index contributed by atoms with van der Waals surface area (Å²) < 4.78 is 0. The van der Waals surface area contributed by atoms with Crippen molar-refractivity contribution in [2.75, 3.05) is 6.61 Å². The van der Waals surface area contributed by atoms with E-state index in [0.29, 0.717) is 12.8 Å². The summed E-state index contributed by atoms with van der Waals surface area (Å²) in [7, 11) is 0. The Balaban J connectivity index is 2.44. The number of carbonyl (C=O) groups excluding carboxylic acids is 1. The average Bonchev–Trinajstić information content (AvgIpc) is 2.36. The Morgan fingerprint density at radius 3 is 2.43 bits per heavy atom. The number of aliphatic hydroxyl groups is 1. The van der Waals surface area contributed by atoms with Crippen LogP contribution in [-0.4, -0.2) is 29.7 Å². The van der Waals surface area contributed by atoms with Crippen LogP contribution < -0.4 is 11.1 Å². The first-order valence-electron chi connectivity index (χ1n) is 7.50. The lowest BCUT2D eigenvalue weighted by Crippen LogP contribution is -2.42. The van der Waals surface area contributed by atoms with Crippen molar-refractivity contribution in [2.24, 2.45) is 11.1 Å². The lowest BCUT2D eigenvalue weighted by atomic mass is 9.87. The van der Waals surface area contributed by atoms with E-state index in [9.17, 15) is 9.90 Å². The fourth-order valence-electron chi connectivity index (χ4n) is 2.44. The number of nitrogens with two attached hydrogens (primary N) is 1. The van der Waals surface area contributed by atoms with Crippen LogP contribution in [0.4, 0.5) is 0 Å². The van der Waals surface area contributed by atoms with E-state index in [1.165, 1.54) is 0 Å². The highest BCUT2D eigenvalue weighted by Crippen LogP contribution is 2.21. The molecule has 0 radical (unpaired) electrons. The molecule has 0 aromatic heterocycles. The van der Waals surface area contributed by atoms with Gasteiger partial charge in [-0.15, -0.1) is 0 Å². The molecule has 1 aromatic carbocycles. The van der Waals surface area contributed by atoms with Gasteiger partial charge in [-0.05, 0) is 23.8 Å². The number of carbonyl (C=O) groups is 1. The van der Waals surface area contributed by atoms with Gasteiger partial charge in [-0.2, -0.15) is 0 Å². The second kappa shape index (κ2) is 8.15. The maximum Gasteiger partial charge on any atom is 0.221 e. The van der Waals surface area contributed by atoms with Crippen LogP contribution in [-0.2, 0) is 11.2 Å². The fourth-order valence-corrected chi connectivity index (χ4v) is 2.44. The molecular formula is C17H28N2O2. The minimum atomic E-state index is -0.262. The van der Waals surface area contributed by atoms with Crippen molar-refractivity contribution in [3.05, 3.63) is 35.9 Å². The summed E-state index contributed by atoms with van der Waals surface area (Å²) in [4.78, 5) is 12.0. The van der Waals surface area contributed by atoms with Gasteiger partial charge in [-0.1, -0.05) is 51.1 Å². The van der Waals surface area contributed by atoms with Crippen LogP contribution in [0.2, 0.25) is 0 Å². The number of amides is 1. The SMILES string of the molecule is CC(C)(C)CC(N)CC(=O)N[C@@H](CO)Cc1ccccc1. The minimum absolute atomic E-state index is 0.0743. The summed E-state index contributed by atoms with van der Waals surface area (Å²) in [6, 6.07) is 9.40. The molecule has 1 rings (SSSR count). The molecular weight excluding hydrogens is 264 g/mol. The molecule has 0 saturated heterocycles. The largest absolute Gasteiger partial charge is 0.394 e. The summed E-state index contributed by atoms with van der Waals surface area (Å²) >= 11 is 0. The molecule has 0 saturated carbocycles. The standard InChI is InChI=1S/C17H28N2O2/c1-17(2,3)11-14(18)10-16(21)19-15(12-20)9-13-7-5-4-6-8-13/h4-8,14-15,20H,9-12,18H2,1-3H3,(H,19,21)/t14?,15-/m1/s1. The Hall–Kier alpha value is -1.39. The number of benzene rings is 1. The zero-order valence-electron chi connectivity index (χ0n) is 13.3. The first kappa shape index (κ1) is 17.7. The van der Waals surface area contributed by atoms with Gasteiger partial charge >= 0.3 is 0 Å². The van der Waals surface area contributed by atoms with Crippen molar-refractivity contribution >= 4 is 5.91 Å². The predicted octanol–water partition coefficient (Wildman–Crippen LogP) is 1.86. The van der Waals surface area contributed by atoms with Gasteiger partial charge < -0.3 is 16.2 Å². The quantitative estimate of drug-likeness (QED) is 0.718. The van der Waals surface area contributed by atoms with Crippen molar-refractivity contribution in [1.29, 1.82) is 0 Å². The van der Waals surface area contributed by atoms with Gasteiger partial charge in [-0.3, -0.25) is 4.79 Å². The molecule has 0 spiro atoms. The first-order chi connectivity index (χ1) is 9.80. The van der Waals surface area contributed by atoms with Crippen LogP contribution in [0.3, 0.4) is 0 Å². The van der Waals surface area contributed by atoms with Crippen LogP contribution >= 0.6 is 0 Å². The van der Waals surface area contributed by atoms with E-state index in [1.54, 1.807) is 0 Å². The van der Waals surface area contributed by atoms with E-state index >= 15 is 0 Å². The second-order valence-corrected chi connectivity index (χ2v) is 6.87. The van der Waals surface area contributed by atoms with Gasteiger partial charge in [0, 0.05) is 12.5 Å². The molecule has 0 aliphatic carbocycles. The summed E-state index contributed by atoms with van der Waals surface area (Å²) in [5.41, 5.74) is 7.21. The number of hydrogen-bond donors (Lipinski definition) is 3. The summed E-state index contributed by atoms with van der Waals surface area (Å²) in [6.07, 6.45) is 1.71. The molecule has 4 N–H and O–H groups in total. The van der Waals surface area contributed by atoms with Gasteiger partial charge in [0.2, 0.25) is 5.91 Å². The Bertz CT molecular complexity index is 426. The molecule has 1 amide bonds. The molecule has 4 nitrogen and oxygen atoms in total. The smallest absolute Gasteiger partial charge is 0.221 e. The predicted molar refractivity (Wildman–Crippen MR) is 85.8 cm³/mol. The number of hydrogen-bond acceptors (Lipinski definition) is 3. The molecule has 0 aliphatic heterocycles. The highest BCUT2D eigenvalue weighted by Gasteiger charge is 2.19. The average molecular weight is 292 g/mol. The van der Waals surface area contributed by atoms with E-state index in [0.717, 1.165) is 12.0 Å². The van der Waals surface area contributed by atoms with E-state index in [-0.39, 0.29) is 30.0 Å². The zero-order valence-corrected chi connectivity index (χ0v) is 13.3. The highest BCUT2D eigenvalue weighted by molar-refractivity contribution is 5.76. The van der Waals surface area contributed by atoms with Crippen molar-refractivity contribution in [2.45, 2.75) is 52.1 Å². The Labute approximate surface area is 127 Å². The topological polar surface area (TPSA) is 75.4 Å². The second-order valence-electron chi connectivity index (χ2n) is 6.87. The van der Waals surface area contributed by atoms with Crippen molar-refractivity contribution in [3.8, 4) is 0 Å². The number of rotatable bonds is 7. The maximum atomic E-state index is 12.0.